The van der Waals surface area contributed by atoms with E-state index in [-0.39, 0.29) is 11.6 Å². The SMILES string of the molecule is Cn1cc([N+](=O)[O-])c(Oc2cccc(C=O)c2)n1. The fourth-order valence-electron chi connectivity index (χ4n) is 1.42. The van der Waals surface area contributed by atoms with Crippen LogP contribution in [0.2, 0.25) is 0 Å². The van der Waals surface area contributed by atoms with Crippen molar-refractivity contribution in [3.8, 4) is 11.6 Å². The number of nitro groups is 1. The van der Waals surface area contributed by atoms with Gasteiger partial charge in [-0.1, -0.05) is 12.1 Å². The van der Waals surface area contributed by atoms with E-state index in [4.69, 9.17) is 4.74 Å². The molecule has 0 atom stereocenters. The van der Waals surface area contributed by atoms with Gasteiger partial charge in [0.1, 0.15) is 18.2 Å². The van der Waals surface area contributed by atoms with Crippen molar-refractivity contribution >= 4 is 12.0 Å². The minimum absolute atomic E-state index is 0.106. The number of aldehydes is 1. The Kier molecular flexibility index (Phi) is 3.05. The van der Waals surface area contributed by atoms with Gasteiger partial charge < -0.3 is 4.74 Å². The van der Waals surface area contributed by atoms with E-state index in [1.807, 2.05) is 0 Å². The first kappa shape index (κ1) is 11.8. The molecule has 7 nitrogen and oxygen atoms in total. The average molecular weight is 247 g/mol. The zero-order valence-electron chi connectivity index (χ0n) is 9.44. The third-order valence-electron chi connectivity index (χ3n) is 2.18. The molecule has 92 valence electrons. The molecule has 2 aromatic rings. The van der Waals surface area contributed by atoms with E-state index in [1.54, 1.807) is 25.2 Å². The first-order valence-corrected chi connectivity index (χ1v) is 5.01. The number of benzene rings is 1. The number of carbonyl (C=O) groups is 1. The molecule has 0 fully saturated rings. The molecule has 0 bridgehead atoms. The number of hydrogen-bond donors (Lipinski definition) is 0. The summed E-state index contributed by atoms with van der Waals surface area (Å²) in [7, 11) is 1.56. The van der Waals surface area contributed by atoms with Crippen LogP contribution in [0.5, 0.6) is 11.6 Å². The van der Waals surface area contributed by atoms with Gasteiger partial charge in [0, 0.05) is 12.6 Å². The van der Waals surface area contributed by atoms with E-state index in [0.29, 0.717) is 17.6 Å². The number of aromatic nitrogens is 2. The number of aryl methyl sites for hydroxylation is 1. The van der Waals surface area contributed by atoms with Crippen molar-refractivity contribution in [2.24, 2.45) is 7.05 Å². The molecule has 0 aliphatic heterocycles. The van der Waals surface area contributed by atoms with Crippen LogP contribution in [0.1, 0.15) is 10.4 Å². The Morgan fingerprint density at radius 1 is 1.50 bits per heavy atom. The molecule has 0 saturated carbocycles. The Bertz CT molecular complexity index is 606. The molecule has 1 heterocycles. The van der Waals surface area contributed by atoms with E-state index >= 15 is 0 Å². The lowest BCUT2D eigenvalue weighted by atomic mass is 10.2. The number of rotatable bonds is 4. The topological polar surface area (TPSA) is 87.3 Å². The van der Waals surface area contributed by atoms with E-state index in [2.05, 4.69) is 5.10 Å². The van der Waals surface area contributed by atoms with Crippen LogP contribution in [-0.4, -0.2) is 21.0 Å². The van der Waals surface area contributed by atoms with Crippen molar-refractivity contribution in [3.63, 3.8) is 0 Å². The van der Waals surface area contributed by atoms with Crippen molar-refractivity contribution in [1.82, 2.24) is 9.78 Å². The summed E-state index contributed by atoms with van der Waals surface area (Å²) < 4.78 is 6.59. The van der Waals surface area contributed by atoms with Crippen LogP contribution in [0, 0.1) is 10.1 Å². The lowest BCUT2D eigenvalue weighted by molar-refractivity contribution is -0.385. The summed E-state index contributed by atoms with van der Waals surface area (Å²) in [6.45, 7) is 0. The molecule has 0 amide bonds. The zero-order chi connectivity index (χ0) is 13.1. The van der Waals surface area contributed by atoms with E-state index in [9.17, 15) is 14.9 Å². The third-order valence-corrected chi connectivity index (χ3v) is 2.18. The quantitative estimate of drug-likeness (QED) is 0.468. The summed E-state index contributed by atoms with van der Waals surface area (Å²) in [5.41, 5.74) is 0.195. The van der Waals surface area contributed by atoms with Crippen LogP contribution in [-0.2, 0) is 7.05 Å². The van der Waals surface area contributed by atoms with Crippen molar-refractivity contribution in [1.29, 1.82) is 0 Å². The molecule has 0 saturated heterocycles. The largest absolute Gasteiger partial charge is 0.433 e. The zero-order valence-corrected chi connectivity index (χ0v) is 9.44. The Morgan fingerprint density at radius 3 is 2.94 bits per heavy atom. The minimum Gasteiger partial charge on any atom is -0.433 e. The van der Waals surface area contributed by atoms with Gasteiger partial charge in [0.2, 0.25) is 0 Å². The Morgan fingerprint density at radius 2 is 2.28 bits per heavy atom. The molecule has 0 spiro atoms. The van der Waals surface area contributed by atoms with Gasteiger partial charge in [-0.25, -0.2) is 0 Å². The second kappa shape index (κ2) is 4.66. The van der Waals surface area contributed by atoms with Gasteiger partial charge in [-0.05, 0) is 12.1 Å². The summed E-state index contributed by atoms with van der Waals surface area (Å²) >= 11 is 0. The molecule has 0 unspecified atom stereocenters. The Labute approximate surface area is 102 Å². The summed E-state index contributed by atoms with van der Waals surface area (Å²) in [4.78, 5) is 20.8. The van der Waals surface area contributed by atoms with Crippen LogP contribution in [0.15, 0.2) is 30.5 Å². The van der Waals surface area contributed by atoms with Crippen LogP contribution in [0.3, 0.4) is 0 Å². The van der Waals surface area contributed by atoms with Crippen LogP contribution in [0.25, 0.3) is 0 Å². The number of carbonyl (C=O) groups excluding carboxylic acids is 1. The summed E-state index contributed by atoms with van der Waals surface area (Å²) in [5.74, 6) is 0.215. The number of ether oxygens (including phenoxy) is 1. The lowest BCUT2D eigenvalue weighted by Crippen LogP contribution is -1.92. The normalized spacial score (nSPS) is 10.1. The molecule has 18 heavy (non-hydrogen) atoms. The first-order chi connectivity index (χ1) is 8.60. The van der Waals surface area contributed by atoms with E-state index < -0.39 is 4.92 Å². The molecule has 7 heteroatoms. The van der Waals surface area contributed by atoms with Gasteiger partial charge in [-0.3, -0.25) is 19.6 Å². The van der Waals surface area contributed by atoms with Gasteiger partial charge in [0.15, 0.2) is 0 Å². The predicted molar refractivity (Wildman–Crippen MR) is 61.8 cm³/mol. The fourth-order valence-corrected chi connectivity index (χ4v) is 1.42. The molecule has 0 N–H and O–H groups in total. The minimum atomic E-state index is -0.577. The van der Waals surface area contributed by atoms with E-state index in [1.165, 1.54) is 16.9 Å². The molecule has 2 rings (SSSR count). The average Bonchev–Trinajstić information content (AvgIpc) is 2.70. The molecule has 1 aromatic heterocycles. The van der Waals surface area contributed by atoms with Gasteiger partial charge in [-0.2, -0.15) is 0 Å². The molecule has 1 aromatic carbocycles. The van der Waals surface area contributed by atoms with Crippen LogP contribution in [0.4, 0.5) is 5.69 Å². The van der Waals surface area contributed by atoms with Crippen LogP contribution < -0.4 is 4.74 Å². The summed E-state index contributed by atoms with van der Waals surface area (Å²) in [5, 5.41) is 14.6. The predicted octanol–water partition coefficient (Wildman–Crippen LogP) is 1.93. The number of hydrogen-bond acceptors (Lipinski definition) is 5. The third kappa shape index (κ3) is 2.34. The fraction of sp³-hybridized carbons (Fsp3) is 0.0909. The molecular formula is C11H9N3O4. The van der Waals surface area contributed by atoms with Gasteiger partial charge >= 0.3 is 11.6 Å². The highest BCUT2D eigenvalue weighted by atomic mass is 16.6. The van der Waals surface area contributed by atoms with Crippen molar-refractivity contribution < 1.29 is 14.5 Å². The molecular weight excluding hydrogens is 238 g/mol. The van der Waals surface area contributed by atoms with Crippen molar-refractivity contribution in [2.45, 2.75) is 0 Å². The van der Waals surface area contributed by atoms with Crippen molar-refractivity contribution in [3.05, 3.63) is 46.1 Å². The second-order valence-electron chi connectivity index (χ2n) is 3.54. The summed E-state index contributed by atoms with van der Waals surface area (Å²) in [6, 6.07) is 6.29. The monoisotopic (exact) mass is 247 g/mol. The molecule has 0 radical (unpaired) electrons. The summed E-state index contributed by atoms with van der Waals surface area (Å²) in [6.07, 6.45) is 1.92. The first-order valence-electron chi connectivity index (χ1n) is 5.01. The molecule has 0 aliphatic rings. The Hall–Kier alpha value is -2.70. The highest BCUT2D eigenvalue weighted by molar-refractivity contribution is 5.75. The maximum absolute atomic E-state index is 10.8. The van der Waals surface area contributed by atoms with Crippen LogP contribution >= 0.6 is 0 Å². The maximum Gasteiger partial charge on any atom is 0.350 e. The highest BCUT2D eigenvalue weighted by Gasteiger charge is 2.20. The van der Waals surface area contributed by atoms with Gasteiger partial charge in [0.05, 0.1) is 4.92 Å². The van der Waals surface area contributed by atoms with Crippen molar-refractivity contribution in [2.75, 3.05) is 0 Å². The van der Waals surface area contributed by atoms with Gasteiger partial charge in [-0.15, -0.1) is 5.10 Å². The Balaban J connectivity index is 2.33. The smallest absolute Gasteiger partial charge is 0.350 e. The standard InChI is InChI=1S/C11H9N3O4/c1-13-6-10(14(16)17)11(12-13)18-9-4-2-3-8(5-9)7-15/h2-7H,1H3. The lowest BCUT2D eigenvalue weighted by Gasteiger charge is -2.01. The molecule has 0 aliphatic carbocycles. The van der Waals surface area contributed by atoms with Gasteiger partial charge in [0.25, 0.3) is 0 Å². The highest BCUT2D eigenvalue weighted by Crippen LogP contribution is 2.29. The van der Waals surface area contributed by atoms with E-state index in [0.717, 1.165) is 0 Å². The maximum atomic E-state index is 10.8. The number of nitrogens with zero attached hydrogens (tertiary/aromatic N) is 3. The second-order valence-corrected chi connectivity index (χ2v) is 3.54.